The first-order chi connectivity index (χ1) is 12.1. The van der Waals surface area contributed by atoms with Gasteiger partial charge in [-0.3, -0.25) is 19.4 Å². The van der Waals surface area contributed by atoms with Gasteiger partial charge >= 0.3 is 12.2 Å². The largest absolute Gasteiger partial charge is 0.406 e. The fourth-order valence-electron chi connectivity index (χ4n) is 4.12. The molecule has 2 aliphatic heterocycles. The third-order valence-corrected chi connectivity index (χ3v) is 5.55. The summed E-state index contributed by atoms with van der Waals surface area (Å²) in [6, 6.07) is -1.08. The van der Waals surface area contributed by atoms with E-state index in [1.54, 1.807) is 11.9 Å². The minimum Gasteiger partial charge on any atom is -0.332 e. The second-order valence-electron chi connectivity index (χ2n) is 7.34. The lowest BCUT2D eigenvalue weighted by Gasteiger charge is -2.26. The van der Waals surface area contributed by atoms with Crippen molar-refractivity contribution in [2.45, 2.75) is 49.9 Å². The number of halogens is 3. The van der Waals surface area contributed by atoms with Gasteiger partial charge in [-0.1, -0.05) is 12.8 Å². The van der Waals surface area contributed by atoms with Crippen LogP contribution in [0.4, 0.5) is 18.0 Å². The lowest BCUT2D eigenvalue weighted by Crippen LogP contribution is -2.46. The number of hydrogen-bond donors (Lipinski definition) is 1. The summed E-state index contributed by atoms with van der Waals surface area (Å²) in [5, 5.41) is 2.78. The van der Waals surface area contributed by atoms with E-state index in [9.17, 15) is 27.6 Å². The lowest BCUT2D eigenvalue weighted by atomic mass is 9.98. The van der Waals surface area contributed by atoms with Crippen LogP contribution >= 0.6 is 0 Å². The van der Waals surface area contributed by atoms with Gasteiger partial charge in [-0.2, -0.15) is 13.2 Å². The van der Waals surface area contributed by atoms with E-state index in [4.69, 9.17) is 0 Å². The zero-order valence-corrected chi connectivity index (χ0v) is 14.6. The number of rotatable bonds is 5. The Balaban J connectivity index is 1.54. The SMILES string of the molecule is CN(CCN1C(=O)NC2(CCCC2)C1=O)[C@H]1CCN(CC(F)(F)F)C1=O. The van der Waals surface area contributed by atoms with Gasteiger partial charge in [0, 0.05) is 19.6 Å². The Labute approximate surface area is 149 Å². The summed E-state index contributed by atoms with van der Waals surface area (Å²) in [4.78, 5) is 40.5. The van der Waals surface area contributed by atoms with Crippen LogP contribution in [-0.2, 0) is 9.59 Å². The summed E-state index contributed by atoms with van der Waals surface area (Å²) in [5.74, 6) is -0.792. The monoisotopic (exact) mass is 376 g/mol. The molecule has 0 radical (unpaired) electrons. The quantitative estimate of drug-likeness (QED) is 0.725. The Hall–Kier alpha value is -1.84. The van der Waals surface area contributed by atoms with Crippen molar-refractivity contribution in [3.63, 3.8) is 0 Å². The Bertz CT molecular complexity index is 604. The number of likely N-dealkylation sites (tertiary alicyclic amines) is 1. The van der Waals surface area contributed by atoms with E-state index in [1.807, 2.05) is 0 Å². The normalized spacial score (nSPS) is 25.9. The van der Waals surface area contributed by atoms with E-state index < -0.39 is 36.2 Å². The molecule has 0 aromatic rings. The number of imide groups is 1. The summed E-state index contributed by atoms with van der Waals surface area (Å²) in [6.45, 7) is -0.831. The smallest absolute Gasteiger partial charge is 0.332 e. The predicted octanol–water partition coefficient (Wildman–Crippen LogP) is 0.946. The van der Waals surface area contributed by atoms with Crippen LogP contribution in [-0.4, -0.2) is 83.5 Å². The molecule has 10 heteroatoms. The predicted molar refractivity (Wildman–Crippen MR) is 85.1 cm³/mol. The van der Waals surface area contributed by atoms with Gasteiger partial charge in [0.2, 0.25) is 5.91 Å². The number of alkyl halides is 3. The highest BCUT2D eigenvalue weighted by molar-refractivity contribution is 6.07. The zero-order chi connectivity index (χ0) is 19.1. The molecule has 0 unspecified atom stereocenters. The topological polar surface area (TPSA) is 73.0 Å². The summed E-state index contributed by atoms with van der Waals surface area (Å²) in [7, 11) is 1.63. The highest BCUT2D eigenvalue weighted by Crippen LogP contribution is 2.35. The molecule has 7 nitrogen and oxygen atoms in total. The van der Waals surface area contributed by atoms with Crippen LogP contribution in [0, 0.1) is 0 Å². The van der Waals surface area contributed by atoms with Crippen LogP contribution in [0.15, 0.2) is 0 Å². The summed E-state index contributed by atoms with van der Waals surface area (Å²) < 4.78 is 37.5. The van der Waals surface area contributed by atoms with E-state index in [2.05, 4.69) is 5.32 Å². The second-order valence-corrected chi connectivity index (χ2v) is 7.34. The summed E-state index contributed by atoms with van der Waals surface area (Å²) >= 11 is 0. The Morgan fingerprint density at radius 3 is 2.50 bits per heavy atom. The van der Waals surface area contributed by atoms with Crippen molar-refractivity contribution in [3.05, 3.63) is 0 Å². The number of carbonyl (C=O) groups is 3. The first-order valence-corrected chi connectivity index (χ1v) is 8.83. The number of urea groups is 1. The van der Waals surface area contributed by atoms with Crippen molar-refractivity contribution in [2.75, 3.05) is 33.2 Å². The number of nitrogens with one attached hydrogen (secondary N) is 1. The van der Waals surface area contributed by atoms with E-state index >= 15 is 0 Å². The third-order valence-electron chi connectivity index (χ3n) is 5.55. The number of amides is 4. The minimum atomic E-state index is -4.42. The van der Waals surface area contributed by atoms with Gasteiger partial charge in [0.25, 0.3) is 5.91 Å². The molecule has 4 amide bonds. The molecular weight excluding hydrogens is 353 g/mol. The standard InChI is InChI=1S/C16H23F3N4O3/c1-21(11-4-7-22(12(11)24)10-16(17,18)19)8-9-23-13(25)15(20-14(23)26)5-2-3-6-15/h11H,2-10H2,1H3,(H,20,26)/t11-/m0/s1. The highest BCUT2D eigenvalue weighted by atomic mass is 19.4. The van der Waals surface area contributed by atoms with Gasteiger partial charge < -0.3 is 10.2 Å². The molecule has 1 saturated carbocycles. The molecule has 3 rings (SSSR count). The van der Waals surface area contributed by atoms with Gasteiger partial charge in [-0.05, 0) is 26.3 Å². The number of likely N-dealkylation sites (N-methyl/N-ethyl adjacent to an activating group) is 1. The molecule has 1 atom stereocenters. The van der Waals surface area contributed by atoms with E-state index in [-0.39, 0.29) is 25.5 Å². The van der Waals surface area contributed by atoms with Crippen molar-refractivity contribution >= 4 is 17.8 Å². The van der Waals surface area contributed by atoms with Crippen molar-refractivity contribution in [1.82, 2.24) is 20.0 Å². The summed E-state index contributed by atoms with van der Waals surface area (Å²) in [5.41, 5.74) is -0.775. The first kappa shape index (κ1) is 18.9. The van der Waals surface area contributed by atoms with Gasteiger partial charge in [0.05, 0.1) is 6.04 Å². The van der Waals surface area contributed by atoms with Crippen molar-refractivity contribution in [2.24, 2.45) is 0 Å². The second kappa shape index (κ2) is 6.71. The van der Waals surface area contributed by atoms with Crippen molar-refractivity contribution in [3.8, 4) is 0 Å². The molecule has 1 spiro atoms. The van der Waals surface area contributed by atoms with Crippen LogP contribution in [0.5, 0.6) is 0 Å². The van der Waals surface area contributed by atoms with E-state index in [1.165, 1.54) is 0 Å². The molecule has 26 heavy (non-hydrogen) atoms. The van der Waals surface area contributed by atoms with Gasteiger partial charge in [-0.15, -0.1) is 0 Å². The molecule has 2 heterocycles. The molecule has 2 saturated heterocycles. The fourth-order valence-corrected chi connectivity index (χ4v) is 4.12. The Kier molecular flexibility index (Phi) is 4.89. The van der Waals surface area contributed by atoms with Gasteiger partial charge in [-0.25, -0.2) is 4.79 Å². The molecule has 146 valence electrons. The van der Waals surface area contributed by atoms with Crippen LogP contribution < -0.4 is 5.32 Å². The molecule has 3 aliphatic rings. The maximum absolute atomic E-state index is 12.6. The van der Waals surface area contributed by atoms with Crippen molar-refractivity contribution < 1.29 is 27.6 Å². The Morgan fingerprint density at radius 2 is 1.88 bits per heavy atom. The number of hydrogen-bond acceptors (Lipinski definition) is 4. The maximum atomic E-state index is 12.6. The lowest BCUT2D eigenvalue weighted by molar-refractivity contribution is -0.159. The molecule has 3 fully saturated rings. The van der Waals surface area contributed by atoms with Gasteiger partial charge in [0.1, 0.15) is 12.1 Å². The average Bonchev–Trinajstić information content (AvgIpc) is 3.20. The fraction of sp³-hybridized carbons (Fsp3) is 0.812. The minimum absolute atomic E-state index is 0.0552. The summed E-state index contributed by atoms with van der Waals surface area (Å²) in [6.07, 6.45) is -1.06. The molecule has 0 aromatic heterocycles. The van der Waals surface area contributed by atoms with Gasteiger partial charge in [0.15, 0.2) is 0 Å². The molecular formula is C16H23F3N4O3. The molecule has 0 aromatic carbocycles. The number of carbonyl (C=O) groups excluding carboxylic acids is 3. The average molecular weight is 376 g/mol. The maximum Gasteiger partial charge on any atom is 0.406 e. The van der Waals surface area contributed by atoms with E-state index in [0.29, 0.717) is 19.3 Å². The van der Waals surface area contributed by atoms with Crippen LogP contribution in [0.2, 0.25) is 0 Å². The third kappa shape index (κ3) is 3.51. The first-order valence-electron chi connectivity index (χ1n) is 8.83. The van der Waals surface area contributed by atoms with Crippen LogP contribution in [0.1, 0.15) is 32.1 Å². The molecule has 0 bridgehead atoms. The molecule has 1 aliphatic carbocycles. The van der Waals surface area contributed by atoms with Crippen LogP contribution in [0.3, 0.4) is 0 Å². The van der Waals surface area contributed by atoms with Crippen molar-refractivity contribution in [1.29, 1.82) is 0 Å². The van der Waals surface area contributed by atoms with Crippen LogP contribution in [0.25, 0.3) is 0 Å². The number of nitrogens with zero attached hydrogens (tertiary/aromatic N) is 3. The highest BCUT2D eigenvalue weighted by Gasteiger charge is 2.52. The van der Waals surface area contributed by atoms with E-state index in [0.717, 1.165) is 22.6 Å². The Morgan fingerprint density at radius 1 is 1.23 bits per heavy atom. The molecule has 1 N–H and O–H groups in total. The zero-order valence-electron chi connectivity index (χ0n) is 14.6.